The molecule has 100 valence electrons. The predicted octanol–water partition coefficient (Wildman–Crippen LogP) is 4.02. The lowest BCUT2D eigenvalue weighted by atomic mass is 9.98. The number of nitrogens with one attached hydrogen (secondary N) is 1. The summed E-state index contributed by atoms with van der Waals surface area (Å²) in [5.41, 5.74) is 0.956. The Hall–Kier alpha value is -0.830. The summed E-state index contributed by atoms with van der Waals surface area (Å²) in [7, 11) is 0. The predicted molar refractivity (Wildman–Crippen MR) is 76.2 cm³/mol. The second-order valence-electron chi connectivity index (χ2n) is 5.72. The average molecular weight is 268 g/mol. The molecule has 0 aliphatic heterocycles. The molecule has 1 fully saturated rings. The molecule has 0 spiro atoms. The fraction of sp³-hybridized carbons (Fsp3) is 0.714. The molecule has 1 aromatic heterocycles. The topological polar surface area (TPSA) is 37.8 Å². The van der Waals surface area contributed by atoms with E-state index in [1.165, 1.54) is 12.8 Å². The standard InChI is InChI=1S/C14H22ClN3/c1-8(2)9(3)7-16-13-10(4)12(15)17-14(18-13)11-5-6-11/h8-9,11H,5-7H2,1-4H3,(H,16,17,18). The van der Waals surface area contributed by atoms with E-state index in [1.54, 1.807) is 0 Å². The summed E-state index contributed by atoms with van der Waals surface area (Å²) in [6, 6.07) is 0. The van der Waals surface area contributed by atoms with E-state index in [-0.39, 0.29) is 0 Å². The van der Waals surface area contributed by atoms with Gasteiger partial charge in [0, 0.05) is 18.0 Å². The first kappa shape index (κ1) is 13.6. The van der Waals surface area contributed by atoms with Crippen LogP contribution in [0.2, 0.25) is 5.15 Å². The number of halogens is 1. The Balaban J connectivity index is 2.11. The van der Waals surface area contributed by atoms with Gasteiger partial charge in [0.15, 0.2) is 0 Å². The highest BCUT2D eigenvalue weighted by Gasteiger charge is 2.28. The van der Waals surface area contributed by atoms with Crippen LogP contribution in [0, 0.1) is 18.8 Å². The van der Waals surface area contributed by atoms with Gasteiger partial charge in [0.1, 0.15) is 16.8 Å². The van der Waals surface area contributed by atoms with Crippen molar-refractivity contribution in [2.45, 2.75) is 46.5 Å². The Kier molecular flexibility index (Phi) is 4.10. The van der Waals surface area contributed by atoms with Crippen molar-refractivity contribution in [3.05, 3.63) is 16.5 Å². The third-order valence-corrected chi connectivity index (χ3v) is 4.14. The third kappa shape index (κ3) is 3.14. The molecule has 1 saturated carbocycles. The van der Waals surface area contributed by atoms with E-state index in [9.17, 15) is 0 Å². The highest BCUT2D eigenvalue weighted by molar-refractivity contribution is 6.30. The van der Waals surface area contributed by atoms with Gasteiger partial charge in [-0.1, -0.05) is 32.4 Å². The molecule has 1 aromatic rings. The Bertz CT molecular complexity index is 427. The Morgan fingerprint density at radius 1 is 1.28 bits per heavy atom. The summed E-state index contributed by atoms with van der Waals surface area (Å²) in [5.74, 6) is 3.63. The molecule has 0 bridgehead atoms. The Morgan fingerprint density at radius 3 is 2.50 bits per heavy atom. The normalized spacial score (nSPS) is 17.0. The number of rotatable bonds is 5. The summed E-state index contributed by atoms with van der Waals surface area (Å²) in [5, 5.41) is 4.01. The highest BCUT2D eigenvalue weighted by atomic mass is 35.5. The first-order valence-corrected chi connectivity index (χ1v) is 7.14. The number of hydrogen-bond acceptors (Lipinski definition) is 3. The van der Waals surface area contributed by atoms with Crippen LogP contribution in [-0.4, -0.2) is 16.5 Å². The lowest BCUT2D eigenvalue weighted by molar-refractivity contribution is 0.439. The number of hydrogen-bond donors (Lipinski definition) is 1. The zero-order chi connectivity index (χ0) is 13.3. The molecule has 1 unspecified atom stereocenters. The molecule has 1 aliphatic carbocycles. The summed E-state index contributed by atoms with van der Waals surface area (Å²) in [6.45, 7) is 9.62. The zero-order valence-corrected chi connectivity index (χ0v) is 12.4. The van der Waals surface area contributed by atoms with E-state index in [4.69, 9.17) is 11.6 Å². The maximum atomic E-state index is 6.18. The summed E-state index contributed by atoms with van der Waals surface area (Å²) >= 11 is 6.18. The second kappa shape index (κ2) is 5.43. The molecular formula is C14H22ClN3. The molecule has 0 saturated heterocycles. The van der Waals surface area contributed by atoms with E-state index in [1.807, 2.05) is 6.92 Å². The number of nitrogens with zero attached hydrogens (tertiary/aromatic N) is 2. The van der Waals surface area contributed by atoms with E-state index < -0.39 is 0 Å². The lowest BCUT2D eigenvalue weighted by Gasteiger charge is -2.18. The van der Waals surface area contributed by atoms with Crippen LogP contribution in [0.3, 0.4) is 0 Å². The summed E-state index contributed by atoms with van der Waals surface area (Å²) in [6.07, 6.45) is 2.39. The van der Waals surface area contributed by atoms with Crippen molar-refractivity contribution in [1.82, 2.24) is 9.97 Å². The van der Waals surface area contributed by atoms with Crippen LogP contribution >= 0.6 is 11.6 Å². The molecule has 1 aliphatic rings. The number of anilines is 1. The molecule has 18 heavy (non-hydrogen) atoms. The monoisotopic (exact) mass is 267 g/mol. The highest BCUT2D eigenvalue weighted by Crippen LogP contribution is 2.39. The van der Waals surface area contributed by atoms with Gasteiger partial charge in [0.25, 0.3) is 0 Å². The fourth-order valence-corrected chi connectivity index (χ4v) is 1.87. The van der Waals surface area contributed by atoms with Crippen LogP contribution in [0.15, 0.2) is 0 Å². The Labute approximate surface area is 114 Å². The van der Waals surface area contributed by atoms with E-state index in [0.29, 0.717) is 22.9 Å². The molecule has 4 heteroatoms. The molecular weight excluding hydrogens is 246 g/mol. The van der Waals surface area contributed by atoms with E-state index >= 15 is 0 Å². The van der Waals surface area contributed by atoms with Crippen molar-refractivity contribution >= 4 is 17.4 Å². The summed E-state index contributed by atoms with van der Waals surface area (Å²) < 4.78 is 0. The zero-order valence-electron chi connectivity index (χ0n) is 11.6. The van der Waals surface area contributed by atoms with Crippen molar-refractivity contribution in [2.75, 3.05) is 11.9 Å². The quantitative estimate of drug-likeness (QED) is 0.819. The van der Waals surface area contributed by atoms with Crippen LogP contribution < -0.4 is 5.32 Å². The van der Waals surface area contributed by atoms with Crippen LogP contribution in [0.5, 0.6) is 0 Å². The maximum Gasteiger partial charge on any atom is 0.137 e. The van der Waals surface area contributed by atoms with Gasteiger partial charge in [-0.05, 0) is 31.6 Å². The van der Waals surface area contributed by atoms with Crippen molar-refractivity contribution in [3.8, 4) is 0 Å². The molecule has 1 heterocycles. The van der Waals surface area contributed by atoms with Crippen LogP contribution in [0.1, 0.15) is 50.9 Å². The van der Waals surface area contributed by atoms with Crippen molar-refractivity contribution in [2.24, 2.45) is 11.8 Å². The van der Waals surface area contributed by atoms with Gasteiger partial charge in [-0.15, -0.1) is 0 Å². The molecule has 1 atom stereocenters. The number of aromatic nitrogens is 2. The summed E-state index contributed by atoms with van der Waals surface area (Å²) in [4.78, 5) is 8.99. The molecule has 0 aromatic carbocycles. The van der Waals surface area contributed by atoms with Crippen LogP contribution in [0.25, 0.3) is 0 Å². The minimum atomic E-state index is 0.533. The minimum Gasteiger partial charge on any atom is -0.369 e. The third-order valence-electron chi connectivity index (χ3n) is 3.78. The van der Waals surface area contributed by atoms with Crippen molar-refractivity contribution in [3.63, 3.8) is 0 Å². The molecule has 2 rings (SSSR count). The van der Waals surface area contributed by atoms with E-state index in [0.717, 1.165) is 23.8 Å². The van der Waals surface area contributed by atoms with Crippen molar-refractivity contribution in [1.29, 1.82) is 0 Å². The molecule has 1 N–H and O–H groups in total. The Morgan fingerprint density at radius 2 is 1.94 bits per heavy atom. The van der Waals surface area contributed by atoms with Gasteiger partial charge in [-0.2, -0.15) is 0 Å². The van der Waals surface area contributed by atoms with Crippen LogP contribution in [-0.2, 0) is 0 Å². The minimum absolute atomic E-state index is 0.533. The van der Waals surface area contributed by atoms with Gasteiger partial charge in [-0.3, -0.25) is 0 Å². The molecule has 0 amide bonds. The van der Waals surface area contributed by atoms with E-state index in [2.05, 4.69) is 36.1 Å². The SMILES string of the molecule is Cc1c(Cl)nc(C2CC2)nc1NCC(C)C(C)C. The van der Waals surface area contributed by atoms with Gasteiger partial charge >= 0.3 is 0 Å². The molecule has 3 nitrogen and oxygen atoms in total. The smallest absolute Gasteiger partial charge is 0.137 e. The van der Waals surface area contributed by atoms with Crippen LogP contribution in [0.4, 0.5) is 5.82 Å². The van der Waals surface area contributed by atoms with Gasteiger partial charge in [0.05, 0.1) is 0 Å². The fourth-order valence-electron chi connectivity index (χ4n) is 1.70. The maximum absolute atomic E-state index is 6.18. The first-order chi connectivity index (χ1) is 8.49. The second-order valence-corrected chi connectivity index (χ2v) is 6.08. The van der Waals surface area contributed by atoms with Gasteiger partial charge in [0.2, 0.25) is 0 Å². The average Bonchev–Trinajstić information content (AvgIpc) is 3.14. The van der Waals surface area contributed by atoms with Gasteiger partial charge < -0.3 is 5.32 Å². The van der Waals surface area contributed by atoms with Crippen molar-refractivity contribution < 1.29 is 0 Å². The molecule has 0 radical (unpaired) electrons. The van der Waals surface area contributed by atoms with Gasteiger partial charge in [-0.25, -0.2) is 9.97 Å². The largest absolute Gasteiger partial charge is 0.369 e. The first-order valence-electron chi connectivity index (χ1n) is 6.77. The lowest BCUT2D eigenvalue weighted by Crippen LogP contribution is -2.18.